The summed E-state index contributed by atoms with van der Waals surface area (Å²) in [6, 6.07) is -9.56. The number of rotatable bonds is 42. The maximum absolute atomic E-state index is 15.5. The zero-order valence-electron chi connectivity index (χ0n) is 73.1. The quantitative estimate of drug-likeness (QED) is 0.00225. The fourth-order valence-electron chi connectivity index (χ4n) is 14.6. The molecule has 134 heavy (non-hydrogen) atoms. The maximum Gasteiger partial charge on any atom is 0.412 e. The topological polar surface area (TPSA) is 765 Å². The second-order valence-electron chi connectivity index (χ2n) is 31.6. The molecule has 4 aliphatic heterocycles. The Morgan fingerprint density at radius 3 is 1.93 bits per heavy atom. The number of anilines is 2. The van der Waals surface area contributed by atoms with Crippen LogP contribution in [0.15, 0.2) is 47.0 Å². The molecule has 0 aliphatic carbocycles. The zero-order chi connectivity index (χ0) is 98.3. The van der Waals surface area contributed by atoms with Gasteiger partial charge in [-0.15, -0.1) is 0 Å². The first-order valence-corrected chi connectivity index (χ1v) is 42.6. The normalized spacial score (nSPS) is 18.4. The van der Waals surface area contributed by atoms with Gasteiger partial charge in [-0.05, 0) is 95.9 Å². The van der Waals surface area contributed by atoms with Crippen molar-refractivity contribution in [1.82, 2.24) is 93.7 Å². The summed E-state index contributed by atoms with van der Waals surface area (Å²) < 4.78 is 27.0. The summed E-state index contributed by atoms with van der Waals surface area (Å²) in [4.78, 5) is 251. The number of benzene rings is 2. The molecule has 0 spiro atoms. The lowest BCUT2D eigenvalue weighted by atomic mass is 9.98. The first-order valence-electron chi connectivity index (χ1n) is 42.6. The van der Waals surface area contributed by atoms with Crippen molar-refractivity contribution in [3.63, 3.8) is 0 Å². The van der Waals surface area contributed by atoms with Gasteiger partial charge >= 0.3 is 18.0 Å². The second-order valence-corrected chi connectivity index (χ2v) is 31.6. The highest BCUT2D eigenvalue weighted by Gasteiger charge is 2.46. The Hall–Kier alpha value is -14.6. The molecular weight excluding hydrogens is 1780 g/mol. The van der Waals surface area contributed by atoms with Crippen molar-refractivity contribution in [2.45, 2.75) is 170 Å². The molecule has 53 heteroatoms. The van der Waals surface area contributed by atoms with E-state index in [-0.39, 0.29) is 191 Å². The van der Waals surface area contributed by atoms with Crippen LogP contribution in [-0.2, 0) is 88.4 Å². The number of carbonyl (C=O) groups excluding carboxylic acids is 16. The Balaban J connectivity index is 0.829. The van der Waals surface area contributed by atoms with Crippen molar-refractivity contribution in [3.8, 4) is 11.5 Å². The van der Waals surface area contributed by atoms with Gasteiger partial charge in [0.15, 0.2) is 12.0 Å². The number of fused-ring (bicyclic) bond motifs is 5. The molecule has 52 nitrogen and oxygen atoms in total. The van der Waals surface area contributed by atoms with E-state index in [1.54, 1.807) is 4.90 Å². The molecule has 0 unspecified atom stereocenters. The molecule has 730 valence electrons. The van der Waals surface area contributed by atoms with Gasteiger partial charge in [-0.25, -0.2) is 34.0 Å². The van der Waals surface area contributed by atoms with Crippen molar-refractivity contribution < 1.29 is 147 Å². The largest absolute Gasteiger partial charge is 0.870 e. The molecule has 11 atom stereocenters. The lowest BCUT2D eigenvalue weighted by Gasteiger charge is -2.35. The predicted octanol–water partition coefficient (Wildman–Crippen LogP) is -10.1. The number of nitrogens with one attached hydrogen (secondary N) is 15. The number of guanidine groups is 1. The number of aliphatic hydroxyl groups excluding tert-OH is 4. The Labute approximate surface area is 761 Å². The summed E-state index contributed by atoms with van der Waals surface area (Å²) in [5.74, 6) is -17.3. The molecule has 4 aliphatic rings. The van der Waals surface area contributed by atoms with Gasteiger partial charge in [0.1, 0.15) is 82.5 Å². The molecule has 0 saturated carbocycles. The number of carboxylic acid groups (broad SMARTS) is 1. The molecule has 8 rings (SSSR count). The minimum absolute atomic E-state index is 0.00242. The molecule has 2 fully saturated rings. The molecule has 2 aromatic heterocycles. The van der Waals surface area contributed by atoms with E-state index >= 15 is 4.39 Å². The number of amidine groups is 1. The number of nitrogens with zero attached hydrogens (tertiary/aromatic N) is 7. The number of aromatic nitrogens is 2. The number of amides is 15. The van der Waals surface area contributed by atoms with E-state index in [1.165, 1.54) is 52.6 Å². The summed E-state index contributed by atoms with van der Waals surface area (Å²) >= 11 is 0. The number of aliphatic hydroxyl groups is 4. The summed E-state index contributed by atoms with van der Waals surface area (Å²) in [7, 11) is 1.52. The number of carbonyl (C=O) groups is 17. The number of ether oxygens (including phenoxy) is 2. The molecular formula is C81H110FN23O29. The second kappa shape index (κ2) is 50.2. The van der Waals surface area contributed by atoms with Crippen molar-refractivity contribution in [1.29, 1.82) is 5.41 Å². The van der Waals surface area contributed by atoms with E-state index in [0.717, 1.165) is 25.3 Å². The number of nitrogens with two attached hydrogens (primary N) is 1. The Morgan fingerprint density at radius 1 is 0.701 bits per heavy atom. The van der Waals surface area contributed by atoms with Crippen molar-refractivity contribution in [3.05, 3.63) is 69.4 Å². The van der Waals surface area contributed by atoms with Gasteiger partial charge in [0.05, 0.1) is 55.0 Å². The van der Waals surface area contributed by atoms with Crippen LogP contribution < -0.4 is 100 Å². The van der Waals surface area contributed by atoms with Gasteiger partial charge in [0.25, 0.3) is 11.7 Å². The Kier molecular flexibility index (Phi) is 39.2. The number of carboxylic acids is 1. The monoisotopic (exact) mass is 1890 g/mol. The van der Waals surface area contributed by atoms with Gasteiger partial charge in [0, 0.05) is 121 Å². The van der Waals surface area contributed by atoms with Crippen LogP contribution >= 0.6 is 0 Å². The number of piperazine rings is 1. The van der Waals surface area contributed by atoms with Crippen LogP contribution in [0.5, 0.6) is 11.5 Å². The van der Waals surface area contributed by atoms with Gasteiger partial charge < -0.3 is 134 Å². The maximum atomic E-state index is 15.5. The Morgan fingerprint density at radius 2 is 1.30 bits per heavy atom. The van der Waals surface area contributed by atoms with E-state index in [1.807, 2.05) is 0 Å². The molecule has 25 N–H and O–H groups in total. The smallest absolute Gasteiger partial charge is 0.412 e. The minimum Gasteiger partial charge on any atom is -0.870 e. The number of hydrogen-bond acceptors (Lipinski definition) is 32. The number of aromatic carboxylic acids is 1. The first kappa shape index (κ1) is 105. The number of hydrogen-bond donors (Lipinski definition) is 24. The van der Waals surface area contributed by atoms with Crippen LogP contribution in [0.3, 0.4) is 0 Å². The highest BCUT2D eigenvalue weighted by molar-refractivity contribution is 6.18. The van der Waals surface area contributed by atoms with Gasteiger partial charge in [0.2, 0.25) is 90.0 Å². The van der Waals surface area contributed by atoms with Crippen LogP contribution in [0.2, 0.25) is 0 Å². The van der Waals surface area contributed by atoms with Gasteiger partial charge in [-0.3, -0.25) is 97.5 Å². The lowest BCUT2D eigenvalue weighted by Crippen LogP contribution is -2.83. The number of halogens is 1. The standard InChI is InChI=1S/C81H110FN23O29/c1-41(110)65-77(126)88-18-5-4-9-48(70(119)93-51(12-8-24-104(132)39-109)73(122)98-66(42(2)111)78(127)99-65)92-71(120)50(11-7-23-103(131)38-108)95-74(123)54(36-106)96-72(121)49(10-6-19-89-80(83)84)94-75(124)55(37-107)97-76(125)56-17-20-87-69-53(31-44-32-59(112)60(113)34-57(44)105(56)69)90-63(116)14-13-61(114)85-21-22-86-62(115)15-16-64(117)133-40-134-81(130)102-27-25-101(26-28-102)58-33-52-43(30-47(58)82)29-45-67(118)46(79(128)129)35-100(3)68(45)91-52/h29-35,38-39,41-42,48-51,54-56,65-66,106-107,110-113,131-132H,4-28,36-37,40H2,1-3H3,(H,85,114)(H,86,115)(H,88,126)(H,90,116)(H,92,120)(H,93,119)(H,94,124)(H,95,123)(H,96,121)(H,97,125)(H,98,122)(H,99,127)(H,128,129)(H4,83,84,89)/t41-,42-,48+,49+,50+,51+,54-,55-,56+,65+,66+/m1/s1. The summed E-state index contributed by atoms with van der Waals surface area (Å²) in [6.07, 6.45) is -5.29. The van der Waals surface area contributed by atoms with Gasteiger partial charge in [-0.1, -0.05) is 11.8 Å². The molecule has 4 aromatic rings. The predicted molar refractivity (Wildman–Crippen MR) is 459 cm³/mol. The minimum atomic E-state index is -2.02. The molecule has 15 amide bonds. The van der Waals surface area contributed by atoms with Crippen LogP contribution in [0.25, 0.3) is 28.0 Å². The third-order valence-electron chi connectivity index (χ3n) is 21.7. The average molecular weight is 1890 g/mol. The number of pyridine rings is 2. The van der Waals surface area contributed by atoms with Gasteiger partial charge in [-0.2, -0.15) is 0 Å². The molecule has 2 aromatic carbocycles. The molecule has 0 radical (unpaired) electrons. The van der Waals surface area contributed by atoms with Crippen LogP contribution in [0, 0.1) is 11.2 Å². The van der Waals surface area contributed by atoms with E-state index < -0.39 is 249 Å². The van der Waals surface area contributed by atoms with E-state index in [9.17, 15) is 132 Å². The van der Waals surface area contributed by atoms with Crippen molar-refractivity contribution >= 4 is 153 Å². The summed E-state index contributed by atoms with van der Waals surface area (Å²) in [5, 5.41) is 135. The van der Waals surface area contributed by atoms with Crippen molar-refractivity contribution in [2.75, 3.05) is 102 Å². The highest BCUT2D eigenvalue weighted by Crippen LogP contribution is 2.38. The average Bonchev–Trinajstić information content (AvgIpc) is 0.751. The fourth-order valence-corrected chi connectivity index (χ4v) is 14.6. The number of phenols is 1. The van der Waals surface area contributed by atoms with E-state index in [2.05, 4.69) is 79.1 Å². The van der Waals surface area contributed by atoms with E-state index in [4.69, 9.17) is 20.6 Å². The number of aromatic hydroxyl groups is 1. The Bertz CT molecular complexity index is 5170. The number of esters is 1. The van der Waals surface area contributed by atoms with Crippen molar-refractivity contribution in [2.24, 2.45) is 12.8 Å². The molecule has 0 bridgehead atoms. The summed E-state index contributed by atoms with van der Waals surface area (Å²) in [5.41, 5.74) is 4.93. The number of phenolic OH excluding ortho intramolecular Hbond substituents is 1. The van der Waals surface area contributed by atoms with Crippen LogP contribution in [0.1, 0.15) is 120 Å². The third-order valence-corrected chi connectivity index (χ3v) is 21.7. The first-order chi connectivity index (χ1) is 63.7. The number of hydroxylamine groups is 4. The third kappa shape index (κ3) is 29.7. The molecule has 2 saturated heterocycles. The number of aryl methyl sites for hydroxylation is 1. The zero-order valence-corrected chi connectivity index (χ0v) is 73.1. The summed E-state index contributed by atoms with van der Waals surface area (Å²) in [6.45, 7) is -1.85. The highest BCUT2D eigenvalue weighted by atomic mass is 19.1. The van der Waals surface area contributed by atoms with E-state index in [0.29, 0.717) is 5.52 Å². The lowest BCUT2D eigenvalue weighted by molar-refractivity contribution is -0.463. The fraction of sp³-hybridized carbons (Fsp3) is 0.519. The van der Waals surface area contributed by atoms with Crippen LogP contribution in [0.4, 0.5) is 20.6 Å². The van der Waals surface area contributed by atoms with Crippen LogP contribution in [-0.4, -0.2) is 338 Å². The molecule has 6 heterocycles. The SMILES string of the molecule is C[C@@H](O)[C@@H]1NC(=O)[C@H](CCCN(O)C=O)NC(=O)[C@@H](NC(=O)[C@H](CCCN(O)C=O)NC(=O)[C@@H](CO)NC(=O)[C@H](CCCNC(=N)N)NC(=O)[C@@H](CO)NC(=O)[C@@H]2CC[NH+]=C3C(NC(=O)CCC(=O)NCCNC(=O)CCC(=O)OCOC(=O)N4CCN(c5cc6nc7c(cc6cc5F)c(=O)c(C(=O)O)cn7C)CC4)=Cc4cc([O-])c(O)cc4N32)CCCCNC(=O)[C@H]([C@@H](C)O)NC1=O.